The zero-order chi connectivity index (χ0) is 13.2. The summed E-state index contributed by atoms with van der Waals surface area (Å²) < 4.78 is 50.5. The van der Waals surface area contributed by atoms with Gasteiger partial charge in [0.2, 0.25) is 0 Å². The smallest absolute Gasteiger partial charge is 0.314 e. The molecule has 5 heteroatoms. The Kier molecular flexibility index (Phi) is 3.90. The molecule has 1 aliphatic carbocycles. The lowest BCUT2D eigenvalue weighted by atomic mass is 10.1. The second-order valence-electron chi connectivity index (χ2n) is 4.64. The molecule has 1 N–H and O–H groups in total. The standard InChI is InChI=1S/C13H15F4N/c14-12-6-3-9(8-11(12)13(15,16)17)2-1-7-18-10-4-5-10/h3,6,8,10,18H,1-2,4-5,7H2. The molecular formula is C13H15F4N. The fourth-order valence-corrected chi connectivity index (χ4v) is 1.83. The minimum atomic E-state index is -4.62. The van der Waals surface area contributed by atoms with Crippen molar-refractivity contribution in [2.45, 2.75) is 37.9 Å². The molecular weight excluding hydrogens is 246 g/mol. The molecule has 0 aromatic heterocycles. The van der Waals surface area contributed by atoms with E-state index in [0.717, 1.165) is 25.1 Å². The molecule has 0 spiro atoms. The van der Waals surface area contributed by atoms with Crippen LogP contribution in [0.4, 0.5) is 17.6 Å². The zero-order valence-corrected chi connectivity index (χ0v) is 9.86. The van der Waals surface area contributed by atoms with Crippen molar-refractivity contribution in [1.29, 1.82) is 0 Å². The van der Waals surface area contributed by atoms with Gasteiger partial charge in [-0.1, -0.05) is 6.07 Å². The summed E-state index contributed by atoms with van der Waals surface area (Å²) in [6, 6.07) is 3.82. The van der Waals surface area contributed by atoms with Crippen molar-refractivity contribution < 1.29 is 17.6 Å². The average Bonchev–Trinajstić information content (AvgIpc) is 3.09. The van der Waals surface area contributed by atoms with E-state index in [1.54, 1.807) is 0 Å². The highest BCUT2D eigenvalue weighted by Gasteiger charge is 2.34. The minimum absolute atomic E-state index is 0.529. The van der Waals surface area contributed by atoms with Crippen molar-refractivity contribution in [3.63, 3.8) is 0 Å². The molecule has 0 amide bonds. The Balaban J connectivity index is 1.91. The SMILES string of the molecule is Fc1ccc(CCCNC2CC2)cc1C(F)(F)F. The van der Waals surface area contributed by atoms with Gasteiger partial charge in [-0.05, 0) is 49.9 Å². The number of hydrogen-bond acceptors (Lipinski definition) is 1. The van der Waals surface area contributed by atoms with E-state index in [1.807, 2.05) is 0 Å². The van der Waals surface area contributed by atoms with Crippen LogP contribution in [-0.4, -0.2) is 12.6 Å². The lowest BCUT2D eigenvalue weighted by Gasteiger charge is -2.10. The van der Waals surface area contributed by atoms with Crippen LogP contribution in [0, 0.1) is 5.82 Å². The largest absolute Gasteiger partial charge is 0.419 e. The van der Waals surface area contributed by atoms with Crippen molar-refractivity contribution in [2.75, 3.05) is 6.54 Å². The maximum atomic E-state index is 13.0. The number of nitrogens with one attached hydrogen (secondary N) is 1. The molecule has 0 atom stereocenters. The molecule has 0 saturated heterocycles. The second kappa shape index (κ2) is 5.26. The predicted octanol–water partition coefficient (Wildman–Crippen LogP) is 3.53. The zero-order valence-electron chi connectivity index (χ0n) is 9.86. The molecule has 0 heterocycles. The van der Waals surface area contributed by atoms with Gasteiger partial charge < -0.3 is 5.32 Å². The van der Waals surface area contributed by atoms with E-state index in [1.165, 1.54) is 18.9 Å². The first-order valence-corrected chi connectivity index (χ1v) is 6.06. The van der Waals surface area contributed by atoms with Gasteiger partial charge >= 0.3 is 6.18 Å². The Morgan fingerprint density at radius 3 is 2.56 bits per heavy atom. The first kappa shape index (κ1) is 13.3. The van der Waals surface area contributed by atoms with Crippen LogP contribution in [0.15, 0.2) is 18.2 Å². The molecule has 1 fully saturated rings. The summed E-state index contributed by atoms with van der Waals surface area (Å²) in [7, 11) is 0. The predicted molar refractivity (Wildman–Crippen MR) is 60.7 cm³/mol. The molecule has 1 aliphatic rings. The summed E-state index contributed by atoms with van der Waals surface area (Å²) in [5.74, 6) is -1.21. The minimum Gasteiger partial charge on any atom is -0.314 e. The Hall–Kier alpha value is -1.10. The molecule has 0 bridgehead atoms. The monoisotopic (exact) mass is 261 g/mol. The summed E-state index contributed by atoms with van der Waals surface area (Å²) in [5.41, 5.74) is -0.642. The molecule has 0 radical (unpaired) electrons. The third kappa shape index (κ3) is 3.70. The lowest BCUT2D eigenvalue weighted by molar-refractivity contribution is -0.140. The maximum absolute atomic E-state index is 13.0. The molecule has 1 saturated carbocycles. The maximum Gasteiger partial charge on any atom is 0.419 e. The average molecular weight is 261 g/mol. The van der Waals surface area contributed by atoms with Gasteiger partial charge in [0.15, 0.2) is 0 Å². The Bertz CT molecular complexity index is 410. The molecule has 0 aliphatic heterocycles. The Morgan fingerprint density at radius 2 is 1.94 bits per heavy atom. The summed E-state index contributed by atoms with van der Waals surface area (Å²) in [6.07, 6.45) is -0.946. The van der Waals surface area contributed by atoms with Gasteiger partial charge in [-0.2, -0.15) is 13.2 Å². The normalized spacial score (nSPS) is 16.0. The lowest BCUT2D eigenvalue weighted by Crippen LogP contribution is -2.18. The van der Waals surface area contributed by atoms with E-state index < -0.39 is 17.6 Å². The number of hydrogen-bond donors (Lipinski definition) is 1. The second-order valence-corrected chi connectivity index (χ2v) is 4.64. The topological polar surface area (TPSA) is 12.0 Å². The van der Waals surface area contributed by atoms with Crippen LogP contribution >= 0.6 is 0 Å². The van der Waals surface area contributed by atoms with Crippen LogP contribution in [-0.2, 0) is 12.6 Å². The Morgan fingerprint density at radius 1 is 1.22 bits per heavy atom. The highest BCUT2D eigenvalue weighted by Crippen LogP contribution is 2.32. The molecule has 1 aromatic carbocycles. The van der Waals surface area contributed by atoms with Crippen molar-refractivity contribution in [1.82, 2.24) is 5.32 Å². The summed E-state index contributed by atoms with van der Waals surface area (Å²) in [5, 5.41) is 3.29. The summed E-state index contributed by atoms with van der Waals surface area (Å²) in [6.45, 7) is 0.795. The van der Waals surface area contributed by atoms with Gasteiger partial charge in [0, 0.05) is 6.04 Å². The van der Waals surface area contributed by atoms with Crippen LogP contribution in [0.25, 0.3) is 0 Å². The quantitative estimate of drug-likeness (QED) is 0.631. The third-order valence-corrected chi connectivity index (χ3v) is 2.99. The third-order valence-electron chi connectivity index (χ3n) is 2.99. The van der Waals surface area contributed by atoms with Crippen molar-refractivity contribution in [2.24, 2.45) is 0 Å². The van der Waals surface area contributed by atoms with Crippen LogP contribution < -0.4 is 5.32 Å². The van der Waals surface area contributed by atoms with Crippen molar-refractivity contribution in [3.05, 3.63) is 35.1 Å². The number of halogens is 4. The fraction of sp³-hybridized carbons (Fsp3) is 0.538. The molecule has 1 nitrogen and oxygen atoms in total. The number of alkyl halides is 3. The van der Waals surface area contributed by atoms with E-state index in [2.05, 4.69) is 5.32 Å². The highest BCUT2D eigenvalue weighted by molar-refractivity contribution is 5.27. The molecule has 100 valence electrons. The van der Waals surface area contributed by atoms with E-state index in [0.29, 0.717) is 18.0 Å². The number of aryl methyl sites for hydroxylation is 1. The fourth-order valence-electron chi connectivity index (χ4n) is 1.83. The van der Waals surface area contributed by atoms with Crippen LogP contribution in [0.1, 0.15) is 30.4 Å². The number of rotatable bonds is 5. The summed E-state index contributed by atoms with van der Waals surface area (Å²) in [4.78, 5) is 0. The highest BCUT2D eigenvalue weighted by atomic mass is 19.4. The number of benzene rings is 1. The van der Waals surface area contributed by atoms with Gasteiger partial charge in [0.1, 0.15) is 5.82 Å². The van der Waals surface area contributed by atoms with Crippen molar-refractivity contribution in [3.8, 4) is 0 Å². The van der Waals surface area contributed by atoms with Crippen molar-refractivity contribution >= 4 is 0 Å². The van der Waals surface area contributed by atoms with Gasteiger partial charge in [-0.15, -0.1) is 0 Å². The first-order valence-electron chi connectivity index (χ1n) is 6.06. The summed E-state index contributed by atoms with van der Waals surface area (Å²) >= 11 is 0. The van der Waals surface area contributed by atoms with E-state index >= 15 is 0 Å². The van der Waals surface area contributed by atoms with Gasteiger partial charge in [-0.25, -0.2) is 4.39 Å². The Labute approximate surface area is 103 Å². The van der Waals surface area contributed by atoms with Gasteiger partial charge in [-0.3, -0.25) is 0 Å². The van der Waals surface area contributed by atoms with E-state index in [9.17, 15) is 17.6 Å². The molecule has 18 heavy (non-hydrogen) atoms. The molecule has 1 aromatic rings. The van der Waals surface area contributed by atoms with Crippen LogP contribution in [0.2, 0.25) is 0 Å². The van der Waals surface area contributed by atoms with Gasteiger partial charge in [0.25, 0.3) is 0 Å². The first-order chi connectivity index (χ1) is 8.47. The van der Waals surface area contributed by atoms with E-state index in [-0.39, 0.29) is 0 Å². The molecule has 2 rings (SSSR count). The van der Waals surface area contributed by atoms with E-state index in [4.69, 9.17) is 0 Å². The van der Waals surface area contributed by atoms with Crippen LogP contribution in [0.3, 0.4) is 0 Å². The van der Waals surface area contributed by atoms with Crippen LogP contribution in [0.5, 0.6) is 0 Å². The van der Waals surface area contributed by atoms with Gasteiger partial charge in [0.05, 0.1) is 5.56 Å². The molecule has 0 unspecified atom stereocenters.